The summed E-state index contributed by atoms with van der Waals surface area (Å²) in [6.07, 6.45) is 4.54. The maximum atomic E-state index is 11.1. The van der Waals surface area contributed by atoms with Gasteiger partial charge in [-0.15, -0.1) is 0 Å². The summed E-state index contributed by atoms with van der Waals surface area (Å²) in [6, 6.07) is 0. The molecule has 0 heterocycles. The Hall–Kier alpha value is -0.640. The van der Waals surface area contributed by atoms with E-state index in [1.165, 1.54) is 0 Å². The lowest BCUT2D eigenvalue weighted by atomic mass is 9.51. The highest BCUT2D eigenvalue weighted by Crippen LogP contribution is 2.58. The summed E-state index contributed by atoms with van der Waals surface area (Å²) in [6.45, 7) is 0. The van der Waals surface area contributed by atoms with Crippen molar-refractivity contribution in [2.24, 2.45) is 11.8 Å². The van der Waals surface area contributed by atoms with Crippen molar-refractivity contribution in [3.63, 3.8) is 0 Å². The SMILES string of the molecule is O=[N+]([O-])C12C[C@@H]3C[C@@H](CC(O)(C3)C1)C2. The monoisotopic (exact) mass is 197 g/mol. The molecule has 0 aromatic rings. The van der Waals surface area contributed by atoms with Crippen LogP contribution >= 0.6 is 0 Å². The third kappa shape index (κ3) is 0.975. The number of hydrogen-bond donors (Lipinski definition) is 1. The third-order valence-corrected chi connectivity index (χ3v) is 4.39. The first-order valence-electron chi connectivity index (χ1n) is 5.38. The van der Waals surface area contributed by atoms with Gasteiger partial charge < -0.3 is 5.11 Å². The molecule has 4 aliphatic carbocycles. The van der Waals surface area contributed by atoms with Gasteiger partial charge in [-0.05, 0) is 31.1 Å². The molecule has 4 nitrogen and oxygen atoms in total. The Morgan fingerprint density at radius 1 is 1.21 bits per heavy atom. The van der Waals surface area contributed by atoms with Crippen molar-refractivity contribution >= 4 is 0 Å². The standard InChI is InChI=1S/C10H15NO3/c12-10-4-7-1-8(5-10)3-9(2-7,6-10)11(13)14/h7-8,12H,1-6H2/t7-,8+,9?,10?. The van der Waals surface area contributed by atoms with Crippen molar-refractivity contribution in [3.8, 4) is 0 Å². The van der Waals surface area contributed by atoms with Crippen LogP contribution in [-0.4, -0.2) is 21.2 Å². The molecule has 4 fully saturated rings. The Bertz CT molecular complexity index is 288. The second-order valence-corrected chi connectivity index (χ2v) is 5.67. The van der Waals surface area contributed by atoms with E-state index >= 15 is 0 Å². The molecule has 0 aromatic carbocycles. The molecule has 4 bridgehead atoms. The third-order valence-electron chi connectivity index (χ3n) is 4.39. The molecule has 4 rings (SSSR count). The lowest BCUT2D eigenvalue weighted by Gasteiger charge is -2.55. The van der Waals surface area contributed by atoms with Crippen molar-refractivity contribution in [3.05, 3.63) is 10.1 Å². The molecule has 0 saturated heterocycles. The summed E-state index contributed by atoms with van der Waals surface area (Å²) >= 11 is 0. The lowest BCUT2D eigenvalue weighted by molar-refractivity contribution is -0.592. The van der Waals surface area contributed by atoms with E-state index in [0.29, 0.717) is 31.1 Å². The van der Waals surface area contributed by atoms with Gasteiger partial charge in [-0.3, -0.25) is 10.1 Å². The minimum atomic E-state index is -0.765. The zero-order valence-electron chi connectivity index (χ0n) is 8.11. The highest BCUT2D eigenvalue weighted by atomic mass is 16.6. The van der Waals surface area contributed by atoms with E-state index in [1.54, 1.807) is 0 Å². The van der Waals surface area contributed by atoms with Crippen molar-refractivity contribution < 1.29 is 10.0 Å². The van der Waals surface area contributed by atoms with Gasteiger partial charge in [-0.1, -0.05) is 0 Å². The molecular formula is C10H15NO3. The Labute approximate surface area is 82.5 Å². The average Bonchev–Trinajstić information content (AvgIpc) is 1.98. The van der Waals surface area contributed by atoms with Crippen LogP contribution in [0.4, 0.5) is 0 Å². The van der Waals surface area contributed by atoms with Crippen molar-refractivity contribution in [2.45, 2.75) is 49.7 Å². The molecule has 0 radical (unpaired) electrons. The van der Waals surface area contributed by atoms with Gasteiger partial charge in [0.2, 0.25) is 5.54 Å². The Balaban J connectivity index is 2.00. The Kier molecular flexibility index (Phi) is 1.42. The Morgan fingerprint density at radius 3 is 2.21 bits per heavy atom. The van der Waals surface area contributed by atoms with E-state index in [0.717, 1.165) is 19.3 Å². The van der Waals surface area contributed by atoms with E-state index in [2.05, 4.69) is 0 Å². The highest BCUT2D eigenvalue weighted by Gasteiger charge is 2.63. The predicted molar refractivity (Wildman–Crippen MR) is 49.4 cm³/mol. The summed E-state index contributed by atoms with van der Waals surface area (Å²) in [7, 11) is 0. The molecule has 4 atom stereocenters. The fourth-order valence-electron chi connectivity index (χ4n) is 4.38. The van der Waals surface area contributed by atoms with Crippen LogP contribution in [0.3, 0.4) is 0 Å². The minimum Gasteiger partial charge on any atom is -0.390 e. The first kappa shape index (κ1) is 8.65. The minimum absolute atomic E-state index is 0.116. The van der Waals surface area contributed by atoms with Crippen LogP contribution in [-0.2, 0) is 0 Å². The zero-order valence-corrected chi connectivity index (χ0v) is 8.11. The van der Waals surface area contributed by atoms with E-state index in [-0.39, 0.29) is 4.92 Å². The van der Waals surface area contributed by atoms with E-state index < -0.39 is 11.1 Å². The van der Waals surface area contributed by atoms with Crippen LogP contribution in [0.1, 0.15) is 38.5 Å². The van der Waals surface area contributed by atoms with Gasteiger partial charge in [0, 0.05) is 24.2 Å². The van der Waals surface area contributed by atoms with Crippen LogP contribution < -0.4 is 0 Å². The van der Waals surface area contributed by atoms with Gasteiger partial charge in [0.15, 0.2) is 0 Å². The fraction of sp³-hybridized carbons (Fsp3) is 1.00. The van der Waals surface area contributed by atoms with Crippen molar-refractivity contribution in [1.82, 2.24) is 0 Å². The van der Waals surface area contributed by atoms with Gasteiger partial charge in [0.1, 0.15) is 0 Å². The molecule has 78 valence electrons. The predicted octanol–water partition coefficient (Wildman–Crippen LogP) is 1.35. The number of nitro groups is 1. The van der Waals surface area contributed by atoms with Gasteiger partial charge in [0.25, 0.3) is 0 Å². The maximum absolute atomic E-state index is 11.1. The van der Waals surface area contributed by atoms with Crippen LogP contribution in [0, 0.1) is 22.0 Å². The fourth-order valence-corrected chi connectivity index (χ4v) is 4.38. The number of rotatable bonds is 1. The average molecular weight is 197 g/mol. The van der Waals surface area contributed by atoms with Gasteiger partial charge in [0.05, 0.1) is 5.60 Å². The number of aliphatic hydroxyl groups is 1. The first-order valence-corrected chi connectivity index (χ1v) is 5.38. The molecule has 4 heteroatoms. The normalized spacial score (nSPS) is 54.9. The molecule has 0 aromatic heterocycles. The van der Waals surface area contributed by atoms with Crippen molar-refractivity contribution in [1.29, 1.82) is 0 Å². The van der Waals surface area contributed by atoms with Crippen LogP contribution in [0.2, 0.25) is 0 Å². The number of hydrogen-bond acceptors (Lipinski definition) is 3. The van der Waals surface area contributed by atoms with Crippen LogP contribution in [0.25, 0.3) is 0 Å². The first-order chi connectivity index (χ1) is 6.51. The van der Waals surface area contributed by atoms with Crippen LogP contribution in [0.5, 0.6) is 0 Å². The van der Waals surface area contributed by atoms with Crippen molar-refractivity contribution in [2.75, 3.05) is 0 Å². The second kappa shape index (κ2) is 2.30. The molecule has 4 aliphatic rings. The summed E-state index contributed by atoms with van der Waals surface area (Å²) in [4.78, 5) is 11.0. The smallest absolute Gasteiger partial charge is 0.225 e. The largest absolute Gasteiger partial charge is 0.390 e. The lowest BCUT2D eigenvalue weighted by Crippen LogP contribution is -2.61. The number of nitrogens with zero attached hydrogens (tertiary/aromatic N) is 1. The van der Waals surface area contributed by atoms with Crippen LogP contribution in [0.15, 0.2) is 0 Å². The molecule has 0 amide bonds. The Morgan fingerprint density at radius 2 is 1.79 bits per heavy atom. The van der Waals surface area contributed by atoms with Gasteiger partial charge in [-0.25, -0.2) is 0 Å². The molecular weight excluding hydrogens is 182 g/mol. The second-order valence-electron chi connectivity index (χ2n) is 5.67. The summed E-state index contributed by atoms with van der Waals surface area (Å²) < 4.78 is 0. The van der Waals surface area contributed by atoms with Gasteiger partial charge >= 0.3 is 0 Å². The molecule has 14 heavy (non-hydrogen) atoms. The summed E-state index contributed by atoms with van der Waals surface area (Å²) in [5, 5.41) is 21.3. The van der Waals surface area contributed by atoms with E-state index in [1.807, 2.05) is 0 Å². The topological polar surface area (TPSA) is 63.4 Å². The molecule has 0 aliphatic heterocycles. The maximum Gasteiger partial charge on any atom is 0.225 e. The zero-order chi connectivity index (χ0) is 9.97. The molecule has 4 saturated carbocycles. The summed E-state index contributed by atoms with van der Waals surface area (Å²) in [5.74, 6) is 0.818. The molecule has 1 N–H and O–H groups in total. The molecule has 2 unspecified atom stereocenters. The van der Waals surface area contributed by atoms with E-state index in [9.17, 15) is 15.2 Å². The highest BCUT2D eigenvalue weighted by molar-refractivity contribution is 5.09. The molecule has 0 spiro atoms. The van der Waals surface area contributed by atoms with Gasteiger partial charge in [-0.2, -0.15) is 0 Å². The quantitative estimate of drug-likeness (QED) is 0.509. The summed E-state index contributed by atoms with van der Waals surface area (Å²) in [5.41, 5.74) is -1.46. The van der Waals surface area contributed by atoms with E-state index in [4.69, 9.17) is 0 Å².